The summed E-state index contributed by atoms with van der Waals surface area (Å²) in [5, 5.41) is 20.3. The maximum absolute atomic E-state index is 11.0. The van der Waals surface area contributed by atoms with Crippen molar-refractivity contribution in [3.8, 4) is 0 Å². The van der Waals surface area contributed by atoms with Crippen LogP contribution in [0.5, 0.6) is 0 Å². The second kappa shape index (κ2) is 8.45. The fraction of sp³-hybridized carbons (Fsp3) is 1.00. The Morgan fingerprint density at radius 2 is 1.59 bits per heavy atom. The van der Waals surface area contributed by atoms with E-state index in [4.69, 9.17) is 0 Å². The van der Waals surface area contributed by atoms with Crippen molar-refractivity contribution < 1.29 is 10.2 Å². The number of aliphatic hydroxyl groups is 2. The van der Waals surface area contributed by atoms with Gasteiger partial charge in [-0.3, -0.25) is 0 Å². The predicted octanol–water partition coefficient (Wildman–Crippen LogP) is 6.44. The number of rotatable bonds is 6. The van der Waals surface area contributed by atoms with E-state index in [1.165, 1.54) is 64.2 Å². The Hall–Kier alpha value is -0.0800. The van der Waals surface area contributed by atoms with Crippen molar-refractivity contribution in [2.45, 2.75) is 111 Å². The van der Waals surface area contributed by atoms with Gasteiger partial charge in [-0.15, -0.1) is 0 Å². The molecule has 0 saturated heterocycles. The Labute approximate surface area is 180 Å². The molecular formula is C27H48O2. The van der Waals surface area contributed by atoms with Crippen LogP contribution in [0.1, 0.15) is 105 Å². The molecule has 0 heterocycles. The summed E-state index contributed by atoms with van der Waals surface area (Å²) in [6, 6.07) is 0. The monoisotopic (exact) mass is 404 g/mol. The first-order chi connectivity index (χ1) is 13.8. The first kappa shape index (κ1) is 22.1. The lowest BCUT2D eigenvalue weighted by Crippen LogP contribution is -2.53. The molecule has 0 radical (unpaired) electrons. The molecule has 4 aliphatic carbocycles. The highest BCUT2D eigenvalue weighted by atomic mass is 16.3. The van der Waals surface area contributed by atoms with Gasteiger partial charge in [-0.1, -0.05) is 40.5 Å². The average molecular weight is 405 g/mol. The first-order valence-electron chi connectivity index (χ1n) is 13.1. The van der Waals surface area contributed by atoms with Crippen molar-refractivity contribution in [2.75, 3.05) is 6.61 Å². The van der Waals surface area contributed by atoms with E-state index in [1.807, 2.05) is 0 Å². The largest absolute Gasteiger partial charge is 0.396 e. The van der Waals surface area contributed by atoms with E-state index in [0.29, 0.717) is 28.6 Å². The number of hydrogen-bond acceptors (Lipinski definition) is 2. The summed E-state index contributed by atoms with van der Waals surface area (Å²) >= 11 is 0. The number of fused-ring (bicyclic) bond motifs is 5. The highest BCUT2D eigenvalue weighted by Gasteiger charge is 2.60. The summed E-state index contributed by atoms with van der Waals surface area (Å²) in [4.78, 5) is 0. The summed E-state index contributed by atoms with van der Waals surface area (Å²) in [7, 11) is 0. The van der Waals surface area contributed by atoms with Crippen molar-refractivity contribution in [1.82, 2.24) is 0 Å². The van der Waals surface area contributed by atoms with Crippen LogP contribution in [0.4, 0.5) is 0 Å². The molecule has 0 aliphatic heterocycles. The van der Waals surface area contributed by atoms with Gasteiger partial charge >= 0.3 is 0 Å². The van der Waals surface area contributed by atoms with Crippen molar-refractivity contribution in [2.24, 2.45) is 52.3 Å². The van der Waals surface area contributed by atoms with Crippen LogP contribution in [-0.2, 0) is 0 Å². The maximum atomic E-state index is 11.0. The van der Waals surface area contributed by atoms with Gasteiger partial charge < -0.3 is 10.2 Å². The van der Waals surface area contributed by atoms with E-state index in [2.05, 4.69) is 27.7 Å². The van der Waals surface area contributed by atoms with Crippen LogP contribution in [0.25, 0.3) is 0 Å². The molecule has 4 fully saturated rings. The second-order valence-corrected chi connectivity index (χ2v) is 12.4. The van der Waals surface area contributed by atoms with Crippen LogP contribution in [0, 0.1) is 52.3 Å². The summed E-state index contributed by atoms with van der Waals surface area (Å²) in [6.45, 7) is 9.96. The Balaban J connectivity index is 1.46. The second-order valence-electron chi connectivity index (χ2n) is 12.4. The van der Waals surface area contributed by atoms with Crippen LogP contribution in [0.15, 0.2) is 0 Å². The molecule has 4 saturated carbocycles. The van der Waals surface area contributed by atoms with Crippen LogP contribution in [0.2, 0.25) is 0 Å². The van der Waals surface area contributed by atoms with Gasteiger partial charge in [0.05, 0.1) is 6.10 Å². The molecule has 0 bridgehead atoms. The van der Waals surface area contributed by atoms with Gasteiger partial charge in [0, 0.05) is 6.61 Å². The number of hydrogen-bond donors (Lipinski definition) is 2. The van der Waals surface area contributed by atoms with Crippen molar-refractivity contribution in [3.05, 3.63) is 0 Å². The van der Waals surface area contributed by atoms with Gasteiger partial charge in [-0.2, -0.15) is 0 Å². The molecule has 4 rings (SSSR count). The lowest BCUT2D eigenvalue weighted by molar-refractivity contribution is -0.118. The molecule has 0 spiro atoms. The van der Waals surface area contributed by atoms with E-state index < -0.39 is 0 Å². The molecule has 3 unspecified atom stereocenters. The molecule has 10 atom stereocenters. The Morgan fingerprint density at radius 3 is 2.34 bits per heavy atom. The molecule has 0 aromatic carbocycles. The first-order valence-corrected chi connectivity index (χ1v) is 13.1. The van der Waals surface area contributed by atoms with Gasteiger partial charge in [-0.05, 0) is 116 Å². The van der Waals surface area contributed by atoms with Gasteiger partial charge in [0.1, 0.15) is 0 Å². The SMILES string of the molecule is CC(CO)CCC(O)[C@@H](C)[C@H]1CC[C@H]2[C@@H]3CCC4CCCC[C@]4(C)[C@H]3CC[C@]12C. The summed E-state index contributed by atoms with van der Waals surface area (Å²) in [5.74, 6) is 5.23. The molecule has 0 amide bonds. The lowest BCUT2D eigenvalue weighted by Gasteiger charge is -2.61. The predicted molar refractivity (Wildman–Crippen MR) is 120 cm³/mol. The molecule has 0 aromatic heterocycles. The quantitative estimate of drug-likeness (QED) is 0.534. The maximum Gasteiger partial charge on any atom is 0.0568 e. The van der Waals surface area contributed by atoms with E-state index in [0.717, 1.165) is 36.5 Å². The molecule has 2 heteroatoms. The Bertz CT molecular complexity index is 561. The van der Waals surface area contributed by atoms with Gasteiger partial charge in [-0.25, -0.2) is 0 Å². The normalized spacial score (nSPS) is 47.6. The smallest absolute Gasteiger partial charge is 0.0568 e. The van der Waals surface area contributed by atoms with Gasteiger partial charge in [0.25, 0.3) is 0 Å². The third-order valence-corrected chi connectivity index (χ3v) is 11.2. The third kappa shape index (κ3) is 3.73. The van der Waals surface area contributed by atoms with Crippen molar-refractivity contribution in [1.29, 1.82) is 0 Å². The van der Waals surface area contributed by atoms with Crippen LogP contribution in [0.3, 0.4) is 0 Å². The van der Waals surface area contributed by atoms with Crippen molar-refractivity contribution in [3.63, 3.8) is 0 Å². The minimum absolute atomic E-state index is 0.200. The zero-order chi connectivity index (χ0) is 20.8. The lowest BCUT2D eigenvalue weighted by atomic mass is 9.44. The fourth-order valence-corrected chi connectivity index (χ4v) is 9.28. The van der Waals surface area contributed by atoms with Gasteiger partial charge in [0.2, 0.25) is 0 Å². The Morgan fingerprint density at radius 1 is 0.828 bits per heavy atom. The van der Waals surface area contributed by atoms with Crippen LogP contribution in [-0.4, -0.2) is 22.9 Å². The third-order valence-electron chi connectivity index (χ3n) is 11.2. The summed E-state index contributed by atoms with van der Waals surface area (Å²) in [5.41, 5.74) is 1.08. The standard InChI is InChI=1S/C27H48O2/c1-18(17-28)8-13-25(29)19(2)22-11-12-23-21-10-9-20-7-5-6-15-26(20,3)24(21)14-16-27(22,23)4/h18-25,28-29H,5-17H2,1-4H3/t18?,19-,20?,21-,22+,23-,24-,25?,26-,27+/m0/s1. The molecule has 168 valence electrons. The van der Waals surface area contributed by atoms with E-state index >= 15 is 0 Å². The molecular weight excluding hydrogens is 356 g/mol. The number of aliphatic hydroxyl groups excluding tert-OH is 2. The molecule has 29 heavy (non-hydrogen) atoms. The van der Waals surface area contributed by atoms with Gasteiger partial charge in [0.15, 0.2) is 0 Å². The minimum Gasteiger partial charge on any atom is -0.396 e. The summed E-state index contributed by atoms with van der Waals surface area (Å²) < 4.78 is 0. The average Bonchev–Trinajstić information content (AvgIpc) is 3.07. The fourth-order valence-electron chi connectivity index (χ4n) is 9.28. The molecule has 2 nitrogen and oxygen atoms in total. The van der Waals surface area contributed by atoms with E-state index in [1.54, 1.807) is 0 Å². The van der Waals surface area contributed by atoms with E-state index in [-0.39, 0.29) is 12.7 Å². The highest BCUT2D eigenvalue weighted by Crippen LogP contribution is 2.68. The van der Waals surface area contributed by atoms with Crippen molar-refractivity contribution >= 4 is 0 Å². The zero-order valence-corrected chi connectivity index (χ0v) is 19.7. The highest BCUT2D eigenvalue weighted by molar-refractivity contribution is 5.09. The minimum atomic E-state index is -0.200. The Kier molecular flexibility index (Phi) is 6.45. The molecule has 2 N–H and O–H groups in total. The molecule has 4 aliphatic rings. The van der Waals surface area contributed by atoms with Crippen LogP contribution >= 0.6 is 0 Å². The summed E-state index contributed by atoms with van der Waals surface area (Å²) in [6.07, 6.45) is 16.1. The van der Waals surface area contributed by atoms with E-state index in [9.17, 15) is 10.2 Å². The molecule has 0 aromatic rings. The zero-order valence-electron chi connectivity index (χ0n) is 19.7. The topological polar surface area (TPSA) is 40.5 Å². The van der Waals surface area contributed by atoms with Crippen LogP contribution < -0.4 is 0 Å².